The van der Waals surface area contributed by atoms with Gasteiger partial charge in [-0.15, -0.1) is 0 Å². The molecule has 0 saturated carbocycles. The highest BCUT2D eigenvalue weighted by Crippen LogP contribution is 2.45. The van der Waals surface area contributed by atoms with Crippen molar-refractivity contribution in [1.29, 1.82) is 0 Å². The Kier molecular flexibility index (Phi) is 67.4. The van der Waals surface area contributed by atoms with Gasteiger partial charge in [0.15, 0.2) is 12.2 Å². The molecule has 96 heavy (non-hydrogen) atoms. The number of phosphoric acid groups is 2. The van der Waals surface area contributed by atoms with E-state index in [0.29, 0.717) is 25.7 Å². The maximum atomic E-state index is 13.1. The number of rotatable bonds is 76. The summed E-state index contributed by atoms with van der Waals surface area (Å²) in [5.41, 5.74) is 0. The van der Waals surface area contributed by atoms with Crippen molar-refractivity contribution in [2.24, 2.45) is 11.8 Å². The Morgan fingerprint density at radius 1 is 0.302 bits per heavy atom. The molecule has 0 aromatic carbocycles. The van der Waals surface area contributed by atoms with Crippen LogP contribution in [0.1, 0.15) is 401 Å². The topological polar surface area (TPSA) is 237 Å². The van der Waals surface area contributed by atoms with E-state index >= 15 is 0 Å². The van der Waals surface area contributed by atoms with E-state index in [0.717, 1.165) is 102 Å². The number of aliphatic hydroxyl groups excluding tert-OH is 1. The SMILES string of the molecule is CCCCCCCCCCCCCCCCCC(=O)OC[C@H](COP(=O)(O)OC[C@@H](O)COP(=O)(O)OC[C@@H](COC(=O)CCCCCCCCCCCCC)OC(=O)CCCCCCCCCCC(C)CC)OC(=O)CCCCCCCCCCCCCCCCCC(C)C. The van der Waals surface area contributed by atoms with Crippen molar-refractivity contribution < 1.29 is 80.2 Å². The molecular formula is C77H150O17P2. The first-order chi connectivity index (χ1) is 46.4. The molecule has 6 atom stereocenters. The fraction of sp³-hybridized carbons (Fsp3) is 0.948. The fourth-order valence-electron chi connectivity index (χ4n) is 11.8. The van der Waals surface area contributed by atoms with Gasteiger partial charge in [0.25, 0.3) is 0 Å². The predicted octanol–water partition coefficient (Wildman–Crippen LogP) is 22.7. The fourth-order valence-corrected chi connectivity index (χ4v) is 13.4. The molecule has 0 aliphatic heterocycles. The number of hydrogen-bond acceptors (Lipinski definition) is 15. The van der Waals surface area contributed by atoms with Crippen molar-refractivity contribution in [3.63, 3.8) is 0 Å². The van der Waals surface area contributed by atoms with Crippen LogP contribution < -0.4 is 0 Å². The first kappa shape index (κ1) is 94.1. The summed E-state index contributed by atoms with van der Waals surface area (Å²) in [6.45, 7) is 9.63. The second-order valence-corrected chi connectivity index (χ2v) is 31.4. The van der Waals surface area contributed by atoms with Crippen LogP contribution in [0.15, 0.2) is 0 Å². The number of hydrogen-bond donors (Lipinski definition) is 3. The summed E-state index contributed by atoms with van der Waals surface area (Å²) < 4.78 is 68.6. The van der Waals surface area contributed by atoms with Crippen LogP contribution in [0.25, 0.3) is 0 Å². The number of phosphoric ester groups is 2. The van der Waals surface area contributed by atoms with Gasteiger partial charge in [0, 0.05) is 25.7 Å². The van der Waals surface area contributed by atoms with Crippen LogP contribution in [0.4, 0.5) is 0 Å². The molecule has 0 aromatic rings. The molecule has 0 rings (SSSR count). The van der Waals surface area contributed by atoms with Crippen LogP contribution in [0, 0.1) is 11.8 Å². The Morgan fingerprint density at radius 3 is 0.792 bits per heavy atom. The molecule has 0 aromatic heterocycles. The van der Waals surface area contributed by atoms with Gasteiger partial charge in [-0.2, -0.15) is 0 Å². The van der Waals surface area contributed by atoms with E-state index in [2.05, 4.69) is 41.5 Å². The van der Waals surface area contributed by atoms with Crippen LogP contribution in [-0.4, -0.2) is 96.7 Å². The van der Waals surface area contributed by atoms with Crippen molar-refractivity contribution in [1.82, 2.24) is 0 Å². The maximum absolute atomic E-state index is 13.1. The molecule has 19 heteroatoms. The lowest BCUT2D eigenvalue weighted by atomic mass is 9.99. The third kappa shape index (κ3) is 69.2. The number of unbranched alkanes of at least 4 members (excludes halogenated alkanes) is 45. The van der Waals surface area contributed by atoms with Crippen molar-refractivity contribution in [2.45, 2.75) is 419 Å². The third-order valence-corrected chi connectivity index (χ3v) is 20.2. The normalized spacial score (nSPS) is 14.3. The van der Waals surface area contributed by atoms with Gasteiger partial charge < -0.3 is 33.8 Å². The molecule has 17 nitrogen and oxygen atoms in total. The van der Waals surface area contributed by atoms with Gasteiger partial charge in [0.05, 0.1) is 26.4 Å². The minimum Gasteiger partial charge on any atom is -0.462 e. The van der Waals surface area contributed by atoms with E-state index in [9.17, 15) is 43.2 Å². The summed E-state index contributed by atoms with van der Waals surface area (Å²) in [5, 5.41) is 10.6. The summed E-state index contributed by atoms with van der Waals surface area (Å²) in [7, 11) is -9.91. The Labute approximate surface area is 588 Å². The zero-order valence-electron chi connectivity index (χ0n) is 62.7. The average Bonchev–Trinajstić information content (AvgIpc) is 1.73. The van der Waals surface area contributed by atoms with E-state index in [1.54, 1.807) is 0 Å². The smallest absolute Gasteiger partial charge is 0.462 e. The highest BCUT2D eigenvalue weighted by Gasteiger charge is 2.30. The molecule has 0 aliphatic carbocycles. The summed E-state index contributed by atoms with van der Waals surface area (Å²) in [6.07, 6.45) is 56.7. The standard InChI is InChI=1S/C77H150O17P2/c1-7-10-12-14-16-18-20-21-23-27-31-35-42-48-54-60-75(80)88-65-72(93-76(81)61-55-49-43-36-32-28-25-22-24-26-30-33-39-45-51-57-69(4)5)67-91-95(83,84)89-63-71(78)64-90-96(85,86)92-68-73(66-87-74(79)59-53-47-41-34-29-19-17-15-13-11-8-2)94-77(82)62-56-50-44-38-37-40-46-52-58-70(6)9-3/h69-73,78H,7-68H2,1-6H3,(H,83,84)(H,85,86)/t70?,71-,72-,73-/m1/s1. The molecule has 3 N–H and O–H groups in total. The number of ether oxygens (including phenoxy) is 4. The summed E-state index contributed by atoms with van der Waals surface area (Å²) in [5.74, 6) is -0.541. The van der Waals surface area contributed by atoms with Gasteiger partial charge in [0.2, 0.25) is 0 Å². The lowest BCUT2D eigenvalue weighted by molar-refractivity contribution is -0.161. The molecule has 570 valence electrons. The summed E-state index contributed by atoms with van der Waals surface area (Å²) >= 11 is 0. The molecule has 0 saturated heterocycles. The minimum atomic E-state index is -4.96. The van der Waals surface area contributed by atoms with Gasteiger partial charge in [-0.25, -0.2) is 9.13 Å². The van der Waals surface area contributed by atoms with Crippen LogP contribution in [0.2, 0.25) is 0 Å². The zero-order chi connectivity index (χ0) is 70.7. The first-order valence-corrected chi connectivity index (χ1v) is 43.0. The Bertz CT molecular complexity index is 1860. The molecule has 0 aliphatic rings. The minimum absolute atomic E-state index is 0.105. The van der Waals surface area contributed by atoms with Crippen LogP contribution in [-0.2, 0) is 65.4 Å². The van der Waals surface area contributed by atoms with E-state index in [1.165, 1.54) is 218 Å². The Hall–Kier alpha value is -1.94. The van der Waals surface area contributed by atoms with Crippen LogP contribution in [0.3, 0.4) is 0 Å². The molecular weight excluding hydrogens is 1260 g/mol. The quantitative estimate of drug-likeness (QED) is 0.0222. The number of carbonyl (C=O) groups is 4. The monoisotopic (exact) mass is 1410 g/mol. The molecule has 3 unspecified atom stereocenters. The van der Waals surface area contributed by atoms with E-state index in [1.807, 2.05) is 0 Å². The van der Waals surface area contributed by atoms with Crippen molar-refractivity contribution >= 4 is 39.5 Å². The molecule has 0 fully saturated rings. The first-order valence-electron chi connectivity index (χ1n) is 40.0. The lowest BCUT2D eigenvalue weighted by Gasteiger charge is -2.21. The number of carbonyl (C=O) groups excluding carboxylic acids is 4. The van der Waals surface area contributed by atoms with Crippen LogP contribution >= 0.6 is 15.6 Å². The van der Waals surface area contributed by atoms with Crippen molar-refractivity contribution in [3.8, 4) is 0 Å². The Balaban J connectivity index is 5.25. The van der Waals surface area contributed by atoms with E-state index in [-0.39, 0.29) is 25.7 Å². The Morgan fingerprint density at radius 2 is 0.531 bits per heavy atom. The van der Waals surface area contributed by atoms with Gasteiger partial charge in [-0.05, 0) is 37.5 Å². The van der Waals surface area contributed by atoms with Gasteiger partial charge in [-0.3, -0.25) is 37.3 Å². The lowest BCUT2D eigenvalue weighted by Crippen LogP contribution is -2.30. The maximum Gasteiger partial charge on any atom is 0.472 e. The molecule has 0 radical (unpaired) electrons. The summed E-state index contributed by atoms with van der Waals surface area (Å²) in [4.78, 5) is 72.9. The second kappa shape index (κ2) is 68.8. The number of esters is 4. The predicted molar refractivity (Wildman–Crippen MR) is 391 cm³/mol. The highest BCUT2D eigenvalue weighted by atomic mass is 31.2. The molecule has 0 heterocycles. The molecule has 0 bridgehead atoms. The summed E-state index contributed by atoms with van der Waals surface area (Å²) in [6, 6.07) is 0. The zero-order valence-corrected chi connectivity index (χ0v) is 64.5. The van der Waals surface area contributed by atoms with Crippen molar-refractivity contribution in [2.75, 3.05) is 39.6 Å². The highest BCUT2D eigenvalue weighted by molar-refractivity contribution is 7.47. The van der Waals surface area contributed by atoms with Crippen LogP contribution in [0.5, 0.6) is 0 Å². The van der Waals surface area contributed by atoms with E-state index < -0.39 is 97.5 Å². The largest absolute Gasteiger partial charge is 0.472 e. The van der Waals surface area contributed by atoms with Gasteiger partial charge in [-0.1, -0.05) is 350 Å². The molecule has 0 amide bonds. The number of aliphatic hydroxyl groups is 1. The third-order valence-electron chi connectivity index (χ3n) is 18.3. The second-order valence-electron chi connectivity index (χ2n) is 28.5. The van der Waals surface area contributed by atoms with Gasteiger partial charge in [0.1, 0.15) is 19.3 Å². The molecule has 0 spiro atoms. The average molecular weight is 1410 g/mol. The van der Waals surface area contributed by atoms with E-state index in [4.69, 9.17) is 37.0 Å². The van der Waals surface area contributed by atoms with Crippen molar-refractivity contribution in [3.05, 3.63) is 0 Å². The van der Waals surface area contributed by atoms with Gasteiger partial charge >= 0.3 is 39.5 Å².